The number of hydrogen-bond donors (Lipinski definition) is 2. The van der Waals surface area contributed by atoms with Crippen LogP contribution in [0.2, 0.25) is 0 Å². The number of nitrogens with one attached hydrogen (secondary N) is 1. The minimum atomic E-state index is -0.868. The van der Waals surface area contributed by atoms with Gasteiger partial charge in [-0.3, -0.25) is 19.7 Å². The van der Waals surface area contributed by atoms with Crippen LogP contribution in [0.4, 0.5) is 0 Å². The van der Waals surface area contributed by atoms with Gasteiger partial charge in [-0.2, -0.15) is 0 Å². The summed E-state index contributed by atoms with van der Waals surface area (Å²) in [4.78, 5) is 35.2. The molecule has 0 aromatic carbocycles. The minimum Gasteiger partial charge on any atom is -0.480 e. The van der Waals surface area contributed by atoms with Crippen molar-refractivity contribution >= 4 is 28.6 Å². The Bertz CT molecular complexity index is 453. The molecule has 6 heteroatoms. The van der Waals surface area contributed by atoms with Gasteiger partial charge in [-0.1, -0.05) is 37.9 Å². The van der Waals surface area contributed by atoms with Gasteiger partial charge >= 0.3 is 5.97 Å². The minimum absolute atomic E-state index is 0.00945. The van der Waals surface area contributed by atoms with Crippen molar-refractivity contribution in [2.24, 2.45) is 17.8 Å². The fourth-order valence-electron chi connectivity index (χ4n) is 3.78. The van der Waals surface area contributed by atoms with Crippen molar-refractivity contribution in [3.8, 4) is 0 Å². The molecule has 1 aliphatic carbocycles. The van der Waals surface area contributed by atoms with Crippen LogP contribution in [0.3, 0.4) is 0 Å². The van der Waals surface area contributed by atoms with Crippen LogP contribution in [0, 0.1) is 17.8 Å². The van der Waals surface area contributed by atoms with Crippen molar-refractivity contribution < 1.29 is 19.5 Å². The summed E-state index contributed by atoms with van der Waals surface area (Å²) in [7, 11) is 0. The van der Waals surface area contributed by atoms with Crippen LogP contribution in [0.25, 0.3) is 0 Å². The monoisotopic (exact) mass is 327 g/mol. The molecule has 0 spiro atoms. The van der Waals surface area contributed by atoms with Gasteiger partial charge in [0, 0.05) is 18.6 Å². The number of hydrogen-bond acceptors (Lipinski definition) is 5. The number of fused-ring (bicyclic) bond motifs is 1. The number of aliphatic carboxylic acids is 1. The van der Waals surface area contributed by atoms with Crippen LogP contribution in [0.5, 0.6) is 0 Å². The van der Waals surface area contributed by atoms with Crippen molar-refractivity contribution in [3.05, 3.63) is 0 Å². The second kappa shape index (κ2) is 7.59. The van der Waals surface area contributed by atoms with Gasteiger partial charge in [-0.05, 0) is 24.7 Å². The van der Waals surface area contributed by atoms with Gasteiger partial charge in [0.2, 0.25) is 0 Å². The van der Waals surface area contributed by atoms with E-state index >= 15 is 0 Å². The summed E-state index contributed by atoms with van der Waals surface area (Å²) in [5, 5.41) is 12.4. The van der Waals surface area contributed by atoms with E-state index in [1.807, 2.05) is 6.92 Å². The van der Waals surface area contributed by atoms with E-state index in [-0.39, 0.29) is 28.8 Å². The van der Waals surface area contributed by atoms with E-state index in [9.17, 15) is 19.5 Å². The van der Waals surface area contributed by atoms with Gasteiger partial charge < -0.3 is 5.11 Å². The lowest BCUT2D eigenvalue weighted by atomic mass is 9.68. The Balaban J connectivity index is 2.08. The Kier molecular flexibility index (Phi) is 6.03. The third kappa shape index (κ3) is 4.10. The highest BCUT2D eigenvalue weighted by molar-refractivity contribution is 8.13. The van der Waals surface area contributed by atoms with Gasteiger partial charge in [0.05, 0.1) is 6.04 Å². The summed E-state index contributed by atoms with van der Waals surface area (Å²) in [6, 6.07) is -0.997. The van der Waals surface area contributed by atoms with E-state index in [0.717, 1.165) is 37.4 Å². The maximum atomic E-state index is 12.8. The van der Waals surface area contributed by atoms with E-state index in [0.29, 0.717) is 18.1 Å². The highest BCUT2D eigenvalue weighted by Crippen LogP contribution is 2.39. The molecule has 5 atom stereocenters. The molecule has 1 heterocycles. The van der Waals surface area contributed by atoms with Gasteiger partial charge in [0.25, 0.3) is 0 Å². The molecule has 0 aromatic heterocycles. The zero-order chi connectivity index (χ0) is 16.3. The Morgan fingerprint density at radius 3 is 2.59 bits per heavy atom. The zero-order valence-corrected chi connectivity index (χ0v) is 14.0. The number of carboxylic acid groups (broad SMARTS) is 1. The van der Waals surface area contributed by atoms with Crippen molar-refractivity contribution in [1.82, 2.24) is 5.32 Å². The number of rotatable bonds is 5. The second-order valence-corrected chi connectivity index (χ2v) is 7.78. The second-order valence-electron chi connectivity index (χ2n) is 6.59. The quantitative estimate of drug-likeness (QED) is 0.804. The van der Waals surface area contributed by atoms with Gasteiger partial charge in [-0.25, -0.2) is 0 Å². The number of carbonyl (C=O) groups excluding carboxylic acids is 2. The van der Waals surface area contributed by atoms with Crippen LogP contribution in [-0.4, -0.2) is 39.8 Å². The first-order chi connectivity index (χ1) is 10.4. The van der Waals surface area contributed by atoms with Crippen LogP contribution in [0.1, 0.15) is 46.0 Å². The summed E-state index contributed by atoms with van der Waals surface area (Å²) in [6.45, 7) is 3.33. The van der Waals surface area contributed by atoms with Crippen LogP contribution >= 0.6 is 11.8 Å². The van der Waals surface area contributed by atoms with Crippen molar-refractivity contribution in [2.45, 2.75) is 58.0 Å². The Morgan fingerprint density at radius 2 is 1.95 bits per heavy atom. The van der Waals surface area contributed by atoms with Gasteiger partial charge in [0.15, 0.2) is 10.9 Å². The van der Waals surface area contributed by atoms with Crippen LogP contribution < -0.4 is 5.32 Å². The summed E-state index contributed by atoms with van der Waals surface area (Å²) < 4.78 is 0. The van der Waals surface area contributed by atoms with E-state index in [4.69, 9.17) is 0 Å². The number of carboxylic acids is 1. The molecule has 5 nitrogen and oxygen atoms in total. The molecular weight excluding hydrogens is 302 g/mol. The van der Waals surface area contributed by atoms with Crippen LogP contribution in [-0.2, 0) is 14.4 Å². The van der Waals surface area contributed by atoms with Crippen LogP contribution in [0.15, 0.2) is 0 Å². The molecule has 1 saturated heterocycles. The largest absolute Gasteiger partial charge is 0.480 e. The van der Waals surface area contributed by atoms with E-state index in [1.54, 1.807) is 0 Å². The van der Waals surface area contributed by atoms with E-state index in [1.165, 1.54) is 6.92 Å². The molecule has 22 heavy (non-hydrogen) atoms. The molecule has 2 fully saturated rings. The fraction of sp³-hybridized carbons (Fsp3) is 0.812. The van der Waals surface area contributed by atoms with Crippen molar-refractivity contribution in [1.29, 1.82) is 0 Å². The number of thioether (sulfide) groups is 1. The third-order valence-electron chi connectivity index (χ3n) is 4.94. The molecule has 5 unspecified atom stereocenters. The molecule has 2 aliphatic rings. The third-order valence-corrected chi connectivity index (χ3v) is 6.02. The molecule has 2 N–H and O–H groups in total. The average Bonchev–Trinajstić information content (AvgIpc) is 2.50. The molecule has 0 radical (unpaired) electrons. The fourth-order valence-corrected chi connectivity index (χ4v) is 4.42. The molecule has 0 aromatic rings. The number of carbonyl (C=O) groups is 3. The SMILES string of the molecule is CC(=O)SCC(C)C(=O)C1NC(C(=O)O)CC2CCCCC21. The molecule has 2 rings (SSSR count). The van der Waals surface area contributed by atoms with E-state index < -0.39 is 12.0 Å². The zero-order valence-electron chi connectivity index (χ0n) is 13.2. The van der Waals surface area contributed by atoms with E-state index in [2.05, 4.69) is 5.32 Å². The highest BCUT2D eigenvalue weighted by Gasteiger charge is 2.44. The first kappa shape index (κ1) is 17.5. The number of ketones is 1. The highest BCUT2D eigenvalue weighted by atomic mass is 32.2. The lowest BCUT2D eigenvalue weighted by molar-refractivity contribution is -0.143. The summed E-state index contributed by atoms with van der Waals surface area (Å²) in [5.74, 6) is 0.0200. The lowest BCUT2D eigenvalue weighted by Crippen LogP contribution is -2.59. The Hall–Kier alpha value is -0.880. The standard InChI is InChI=1S/C16H25NO4S/c1-9(8-22-10(2)18)15(19)14-12-6-4-3-5-11(12)7-13(17-14)16(20)21/h9,11-14,17H,3-8H2,1-2H3,(H,20,21). The van der Waals surface area contributed by atoms with Gasteiger partial charge in [0.1, 0.15) is 6.04 Å². The average molecular weight is 327 g/mol. The predicted molar refractivity (Wildman–Crippen MR) is 85.7 cm³/mol. The summed E-state index contributed by atoms with van der Waals surface area (Å²) in [6.07, 6.45) is 4.88. The smallest absolute Gasteiger partial charge is 0.320 e. The normalized spacial score (nSPS) is 32.8. The summed E-state index contributed by atoms with van der Waals surface area (Å²) in [5.41, 5.74) is 0. The number of Topliss-reactive ketones (excluding diaryl/α,β-unsaturated/α-hetero) is 1. The maximum absolute atomic E-state index is 12.8. The molecule has 124 valence electrons. The molecular formula is C16H25NO4S. The Morgan fingerprint density at radius 1 is 1.27 bits per heavy atom. The molecule has 0 bridgehead atoms. The first-order valence-corrected chi connectivity index (χ1v) is 9.04. The predicted octanol–water partition coefficient (Wildman–Crippen LogP) is 2.09. The number of piperidine rings is 1. The van der Waals surface area contributed by atoms with Crippen molar-refractivity contribution in [3.63, 3.8) is 0 Å². The van der Waals surface area contributed by atoms with Gasteiger partial charge in [-0.15, -0.1) is 0 Å². The maximum Gasteiger partial charge on any atom is 0.320 e. The molecule has 0 amide bonds. The summed E-state index contributed by atoms with van der Waals surface area (Å²) >= 11 is 1.16. The van der Waals surface area contributed by atoms with Crippen molar-refractivity contribution in [2.75, 3.05) is 5.75 Å². The molecule has 1 saturated carbocycles. The Labute approximate surface area is 135 Å². The molecule has 1 aliphatic heterocycles. The topological polar surface area (TPSA) is 83.5 Å². The first-order valence-electron chi connectivity index (χ1n) is 8.06. The lowest BCUT2D eigenvalue weighted by Gasteiger charge is -2.44.